The maximum absolute atomic E-state index is 13.3. The molecule has 7 heteroatoms. The third-order valence-corrected chi connectivity index (χ3v) is 6.04. The van der Waals surface area contributed by atoms with E-state index in [-0.39, 0.29) is 5.91 Å². The molecule has 2 saturated heterocycles. The van der Waals surface area contributed by atoms with E-state index in [1.54, 1.807) is 24.3 Å². The third kappa shape index (κ3) is 2.18. The van der Waals surface area contributed by atoms with Gasteiger partial charge in [0.15, 0.2) is 0 Å². The van der Waals surface area contributed by atoms with Gasteiger partial charge >= 0.3 is 0 Å². The van der Waals surface area contributed by atoms with Crippen LogP contribution in [-0.4, -0.2) is 29.8 Å². The number of para-hydroxylation sites is 1. The van der Waals surface area contributed by atoms with Crippen LogP contribution in [0.25, 0.3) is 6.08 Å². The van der Waals surface area contributed by atoms with Crippen molar-refractivity contribution in [3.8, 4) is 0 Å². The van der Waals surface area contributed by atoms with Crippen LogP contribution in [0.1, 0.15) is 5.56 Å². The zero-order valence-corrected chi connectivity index (χ0v) is 15.4. The van der Waals surface area contributed by atoms with E-state index in [4.69, 9.17) is 17.3 Å². The van der Waals surface area contributed by atoms with Gasteiger partial charge in [-0.3, -0.25) is 14.4 Å². The maximum atomic E-state index is 13.3. The molecular weight excluding hydrogens is 378 g/mol. The molecule has 2 aromatic carbocycles. The molecule has 2 fully saturated rings. The van der Waals surface area contributed by atoms with Crippen LogP contribution in [0.15, 0.2) is 54.6 Å². The Labute approximate surface area is 166 Å². The fraction of sp³-hybridized carbons (Fsp3) is 0.190. The number of primary amides is 1. The summed E-state index contributed by atoms with van der Waals surface area (Å²) in [4.78, 5) is 41.9. The van der Waals surface area contributed by atoms with E-state index in [1.165, 1.54) is 0 Å². The Balaban J connectivity index is 1.62. The number of benzene rings is 2. The molecule has 0 unspecified atom stereocenters. The van der Waals surface area contributed by atoms with Crippen molar-refractivity contribution in [3.05, 3.63) is 65.2 Å². The van der Waals surface area contributed by atoms with E-state index in [9.17, 15) is 14.4 Å². The van der Waals surface area contributed by atoms with Crippen LogP contribution in [0.4, 0.5) is 11.4 Å². The highest BCUT2D eigenvalue weighted by Crippen LogP contribution is 2.48. The lowest BCUT2D eigenvalue weighted by Crippen LogP contribution is -2.50. The van der Waals surface area contributed by atoms with Gasteiger partial charge in [0.2, 0.25) is 17.7 Å². The van der Waals surface area contributed by atoms with Crippen molar-refractivity contribution in [1.82, 2.24) is 0 Å². The molecule has 0 radical (unpaired) electrons. The molecule has 3 aliphatic rings. The Hall–Kier alpha value is -3.12. The van der Waals surface area contributed by atoms with Gasteiger partial charge in [0.1, 0.15) is 6.04 Å². The first kappa shape index (κ1) is 17.0. The molecule has 5 rings (SSSR count). The first-order chi connectivity index (χ1) is 13.5. The van der Waals surface area contributed by atoms with Crippen LogP contribution >= 0.6 is 11.6 Å². The van der Waals surface area contributed by atoms with Crippen molar-refractivity contribution < 1.29 is 14.4 Å². The van der Waals surface area contributed by atoms with Crippen LogP contribution in [0.5, 0.6) is 0 Å². The summed E-state index contributed by atoms with van der Waals surface area (Å²) in [7, 11) is 0. The van der Waals surface area contributed by atoms with Crippen molar-refractivity contribution in [2.75, 3.05) is 9.80 Å². The van der Waals surface area contributed by atoms with Gasteiger partial charge in [-0.25, -0.2) is 4.90 Å². The van der Waals surface area contributed by atoms with Gasteiger partial charge in [0.25, 0.3) is 0 Å². The predicted molar refractivity (Wildman–Crippen MR) is 106 cm³/mol. The number of amides is 3. The highest BCUT2D eigenvalue weighted by molar-refractivity contribution is 6.31. The molecule has 0 spiro atoms. The predicted octanol–water partition coefficient (Wildman–Crippen LogP) is 2.22. The van der Waals surface area contributed by atoms with Crippen molar-refractivity contribution in [2.24, 2.45) is 17.6 Å². The molecule has 140 valence electrons. The number of nitrogens with two attached hydrogens (primary N) is 1. The van der Waals surface area contributed by atoms with Gasteiger partial charge in [-0.05, 0) is 35.9 Å². The number of fused-ring (bicyclic) bond motifs is 5. The lowest BCUT2D eigenvalue weighted by atomic mass is 9.88. The van der Waals surface area contributed by atoms with E-state index in [0.717, 1.165) is 16.2 Å². The number of imide groups is 1. The second kappa shape index (κ2) is 5.94. The summed E-state index contributed by atoms with van der Waals surface area (Å²) in [6, 6.07) is 12.8. The Morgan fingerprint density at radius 2 is 1.64 bits per heavy atom. The number of carbonyl (C=O) groups excluding carboxylic acids is 3. The average molecular weight is 394 g/mol. The van der Waals surface area contributed by atoms with E-state index in [0.29, 0.717) is 10.7 Å². The number of rotatable bonds is 2. The molecule has 2 N–H and O–H groups in total. The van der Waals surface area contributed by atoms with Gasteiger partial charge in [0.05, 0.1) is 23.6 Å². The van der Waals surface area contributed by atoms with Crippen molar-refractivity contribution >= 4 is 46.8 Å². The van der Waals surface area contributed by atoms with Crippen molar-refractivity contribution in [3.63, 3.8) is 0 Å². The molecule has 0 aliphatic carbocycles. The van der Waals surface area contributed by atoms with E-state index in [2.05, 4.69) is 0 Å². The number of hydrogen-bond donors (Lipinski definition) is 1. The second-order valence-electron chi connectivity index (χ2n) is 7.20. The molecule has 2 aromatic rings. The molecule has 3 aliphatic heterocycles. The molecule has 3 heterocycles. The first-order valence-corrected chi connectivity index (χ1v) is 9.35. The van der Waals surface area contributed by atoms with Crippen molar-refractivity contribution in [1.29, 1.82) is 0 Å². The monoisotopic (exact) mass is 393 g/mol. The Kier molecular flexibility index (Phi) is 3.61. The van der Waals surface area contributed by atoms with Gasteiger partial charge < -0.3 is 10.6 Å². The first-order valence-electron chi connectivity index (χ1n) is 8.97. The van der Waals surface area contributed by atoms with E-state index < -0.39 is 35.7 Å². The fourth-order valence-corrected chi connectivity index (χ4v) is 4.81. The third-order valence-electron chi connectivity index (χ3n) is 5.79. The molecule has 0 aromatic heterocycles. The highest BCUT2D eigenvalue weighted by Gasteiger charge is 2.64. The minimum Gasteiger partial charge on any atom is -0.368 e. The SMILES string of the molecule is NC(=O)[C@@H]1[C@@H]2C(=O)N(c3ccc(Cl)cc3)C(=O)[C@@H]2[C@H]2C=Cc3ccccc3N21. The smallest absolute Gasteiger partial charge is 0.241 e. The van der Waals surface area contributed by atoms with E-state index >= 15 is 0 Å². The lowest BCUT2D eigenvalue weighted by molar-refractivity contribution is -0.127. The minimum atomic E-state index is -0.880. The Morgan fingerprint density at radius 1 is 0.964 bits per heavy atom. The van der Waals surface area contributed by atoms with Crippen LogP contribution in [0.2, 0.25) is 5.02 Å². The topological polar surface area (TPSA) is 83.7 Å². The number of anilines is 2. The average Bonchev–Trinajstić information content (AvgIpc) is 3.16. The second-order valence-corrected chi connectivity index (χ2v) is 7.64. The summed E-state index contributed by atoms with van der Waals surface area (Å²) in [5, 5.41) is 0.510. The minimum absolute atomic E-state index is 0.319. The fourth-order valence-electron chi connectivity index (χ4n) is 4.68. The van der Waals surface area contributed by atoms with Gasteiger partial charge in [0, 0.05) is 10.7 Å². The maximum Gasteiger partial charge on any atom is 0.241 e. The number of halogens is 1. The molecule has 4 atom stereocenters. The summed E-state index contributed by atoms with van der Waals surface area (Å²) in [6.07, 6.45) is 3.82. The normalized spacial score (nSPS) is 27.6. The summed E-state index contributed by atoms with van der Waals surface area (Å²) in [5.74, 6) is -2.81. The molecule has 28 heavy (non-hydrogen) atoms. The standard InChI is InChI=1S/C21H16ClN3O3/c22-12-6-8-13(9-7-12)24-20(27)16-15-10-5-11-3-1-2-4-14(11)25(15)18(19(23)26)17(16)21(24)28/h1-10,15-18H,(H2,23,26)/t15-,16-,17-,18+/m1/s1. The Bertz CT molecular complexity index is 1050. The molecular formula is C21H16ClN3O3. The quantitative estimate of drug-likeness (QED) is 0.793. The summed E-state index contributed by atoms with van der Waals surface area (Å²) in [6.45, 7) is 0. The number of carbonyl (C=O) groups is 3. The molecule has 6 nitrogen and oxygen atoms in total. The van der Waals surface area contributed by atoms with Gasteiger partial charge in [-0.1, -0.05) is 42.0 Å². The lowest BCUT2D eigenvalue weighted by Gasteiger charge is -2.35. The van der Waals surface area contributed by atoms with Crippen LogP contribution in [0, 0.1) is 11.8 Å². The number of hydrogen-bond acceptors (Lipinski definition) is 4. The van der Waals surface area contributed by atoms with Gasteiger partial charge in [-0.2, -0.15) is 0 Å². The van der Waals surface area contributed by atoms with Crippen LogP contribution < -0.4 is 15.5 Å². The molecule has 0 bridgehead atoms. The zero-order chi connectivity index (χ0) is 19.6. The highest BCUT2D eigenvalue weighted by atomic mass is 35.5. The largest absolute Gasteiger partial charge is 0.368 e. The molecule has 3 amide bonds. The number of nitrogens with zero attached hydrogens (tertiary/aromatic N) is 2. The van der Waals surface area contributed by atoms with E-state index in [1.807, 2.05) is 41.3 Å². The van der Waals surface area contributed by atoms with Crippen molar-refractivity contribution in [2.45, 2.75) is 12.1 Å². The van der Waals surface area contributed by atoms with Crippen LogP contribution in [-0.2, 0) is 14.4 Å². The van der Waals surface area contributed by atoms with Gasteiger partial charge in [-0.15, -0.1) is 0 Å². The zero-order valence-electron chi connectivity index (χ0n) is 14.7. The summed E-state index contributed by atoms with van der Waals surface area (Å²) in [5.41, 5.74) is 7.92. The molecule has 0 saturated carbocycles. The summed E-state index contributed by atoms with van der Waals surface area (Å²) >= 11 is 5.93. The summed E-state index contributed by atoms with van der Waals surface area (Å²) < 4.78 is 0. The Morgan fingerprint density at radius 3 is 2.36 bits per heavy atom. The van der Waals surface area contributed by atoms with Crippen LogP contribution in [0.3, 0.4) is 0 Å².